The number of amidine groups is 1. The molecule has 202 valence electrons. The van der Waals surface area contributed by atoms with E-state index < -0.39 is 5.54 Å². The van der Waals surface area contributed by atoms with Gasteiger partial charge in [0.15, 0.2) is 11.3 Å². The third kappa shape index (κ3) is 5.23. The maximum Gasteiger partial charge on any atom is 0.255 e. The summed E-state index contributed by atoms with van der Waals surface area (Å²) < 4.78 is 5.32. The number of aliphatic imine (C=N–C) groups is 1. The number of carbonyl (C=O) groups is 2. The van der Waals surface area contributed by atoms with E-state index in [1.54, 1.807) is 19.5 Å². The van der Waals surface area contributed by atoms with Gasteiger partial charge in [-0.05, 0) is 47.9 Å². The molecule has 2 aliphatic heterocycles. The topological polar surface area (TPSA) is 97.9 Å². The molecule has 2 N–H and O–H groups in total. The lowest BCUT2D eigenvalue weighted by atomic mass is 9.68. The Labute approximate surface area is 230 Å². The lowest BCUT2D eigenvalue weighted by molar-refractivity contribution is -0.128. The van der Waals surface area contributed by atoms with E-state index in [-0.39, 0.29) is 29.6 Å². The van der Waals surface area contributed by atoms with Crippen LogP contribution in [0.25, 0.3) is 0 Å². The van der Waals surface area contributed by atoms with Crippen LogP contribution in [0.2, 0.25) is 0 Å². The zero-order chi connectivity index (χ0) is 27.4. The number of aromatic nitrogens is 1. The van der Waals surface area contributed by atoms with Gasteiger partial charge in [0.25, 0.3) is 5.91 Å². The van der Waals surface area contributed by atoms with Crippen molar-refractivity contribution in [1.82, 2.24) is 9.88 Å². The SMILES string of the molecule is COC[C@H]1CCCN1C(=O)c1cncc(CC(C)C2CC(N)=NC(c3ccccc3)(c3ccccc3)C2=O)c1. The van der Waals surface area contributed by atoms with Crippen molar-refractivity contribution < 1.29 is 14.3 Å². The number of nitrogens with two attached hydrogens (primary N) is 1. The van der Waals surface area contributed by atoms with E-state index in [0.717, 1.165) is 36.1 Å². The first-order chi connectivity index (χ1) is 18.9. The lowest BCUT2D eigenvalue weighted by Crippen LogP contribution is -2.48. The number of hydrogen-bond donors (Lipinski definition) is 1. The molecule has 7 nitrogen and oxygen atoms in total. The highest BCUT2D eigenvalue weighted by molar-refractivity contribution is 6.03. The van der Waals surface area contributed by atoms with Gasteiger partial charge in [-0.1, -0.05) is 67.6 Å². The third-order valence-corrected chi connectivity index (χ3v) is 8.10. The van der Waals surface area contributed by atoms with Gasteiger partial charge in [-0.15, -0.1) is 0 Å². The molecular formula is C32H36N4O3. The molecule has 0 spiro atoms. The van der Waals surface area contributed by atoms with Crippen molar-refractivity contribution in [1.29, 1.82) is 0 Å². The molecule has 3 heterocycles. The fraction of sp³-hybridized carbons (Fsp3) is 0.375. The van der Waals surface area contributed by atoms with Crippen molar-refractivity contribution in [3.8, 4) is 0 Å². The van der Waals surface area contributed by atoms with E-state index in [4.69, 9.17) is 15.5 Å². The van der Waals surface area contributed by atoms with Crippen LogP contribution in [-0.4, -0.2) is 53.7 Å². The number of ketones is 1. The highest BCUT2D eigenvalue weighted by Gasteiger charge is 2.49. The van der Waals surface area contributed by atoms with Gasteiger partial charge in [0, 0.05) is 38.4 Å². The standard InChI is InChI=1S/C32H36N4O3/c1-22(16-23-17-24(20-34-19-23)31(38)36-15-9-14-27(36)21-39-2)28-18-29(33)35-32(30(28)37,25-10-5-3-6-11-25)26-12-7-4-8-13-26/h3-8,10-13,17,19-20,22,27-28H,9,14-16,18,21H2,1-2H3,(H2,33,35)/t22?,27-,28?/m1/s1. The second kappa shape index (κ2) is 11.5. The quantitative estimate of drug-likeness (QED) is 0.471. The molecule has 1 amide bonds. The van der Waals surface area contributed by atoms with Gasteiger partial charge in [-0.2, -0.15) is 0 Å². The summed E-state index contributed by atoms with van der Waals surface area (Å²) in [4.78, 5) is 38.9. The van der Waals surface area contributed by atoms with E-state index in [1.165, 1.54) is 0 Å². The maximum atomic E-state index is 14.4. The number of amides is 1. The van der Waals surface area contributed by atoms with Gasteiger partial charge >= 0.3 is 0 Å². The molecule has 1 aromatic heterocycles. The second-order valence-electron chi connectivity index (χ2n) is 10.7. The molecule has 0 radical (unpaired) electrons. The number of carbonyl (C=O) groups excluding carboxylic acids is 2. The molecule has 2 aliphatic rings. The zero-order valence-corrected chi connectivity index (χ0v) is 22.6. The highest BCUT2D eigenvalue weighted by Crippen LogP contribution is 2.43. The van der Waals surface area contributed by atoms with Crippen molar-refractivity contribution in [3.05, 3.63) is 101 Å². The highest BCUT2D eigenvalue weighted by atomic mass is 16.5. The predicted octanol–water partition coefficient (Wildman–Crippen LogP) is 4.40. The summed E-state index contributed by atoms with van der Waals surface area (Å²) in [6, 6.07) is 21.4. The second-order valence-corrected chi connectivity index (χ2v) is 10.7. The van der Waals surface area contributed by atoms with Crippen molar-refractivity contribution in [2.24, 2.45) is 22.6 Å². The van der Waals surface area contributed by atoms with Gasteiger partial charge in [0.05, 0.1) is 24.0 Å². The first kappa shape index (κ1) is 26.8. The summed E-state index contributed by atoms with van der Waals surface area (Å²) in [5.41, 5.74) is 8.40. The number of likely N-dealkylation sites (tertiary alicyclic amines) is 1. The molecule has 1 fully saturated rings. The number of hydrogen-bond acceptors (Lipinski definition) is 6. The Hall–Kier alpha value is -3.84. The summed E-state index contributed by atoms with van der Waals surface area (Å²) in [5.74, 6) is 0.111. The van der Waals surface area contributed by atoms with Crippen LogP contribution in [-0.2, 0) is 21.5 Å². The van der Waals surface area contributed by atoms with Crippen molar-refractivity contribution in [2.45, 2.75) is 44.2 Å². The number of methoxy groups -OCH3 is 1. The van der Waals surface area contributed by atoms with Crippen molar-refractivity contribution in [3.63, 3.8) is 0 Å². The minimum Gasteiger partial charge on any atom is -0.387 e. The Morgan fingerprint density at radius 3 is 2.41 bits per heavy atom. The third-order valence-electron chi connectivity index (χ3n) is 8.10. The predicted molar refractivity (Wildman–Crippen MR) is 151 cm³/mol. The number of pyridine rings is 1. The summed E-state index contributed by atoms with van der Waals surface area (Å²) in [7, 11) is 1.67. The Kier molecular flexibility index (Phi) is 7.89. The zero-order valence-electron chi connectivity index (χ0n) is 22.6. The van der Waals surface area contributed by atoms with Crippen LogP contribution in [0, 0.1) is 11.8 Å². The Morgan fingerprint density at radius 1 is 1.10 bits per heavy atom. The van der Waals surface area contributed by atoms with Gasteiger partial charge in [0.2, 0.25) is 0 Å². The van der Waals surface area contributed by atoms with Gasteiger partial charge in [0.1, 0.15) is 0 Å². The number of rotatable bonds is 8. The summed E-state index contributed by atoms with van der Waals surface area (Å²) in [6.45, 7) is 3.34. The summed E-state index contributed by atoms with van der Waals surface area (Å²) in [6.07, 6.45) is 6.34. The lowest BCUT2D eigenvalue weighted by Gasteiger charge is -2.39. The van der Waals surface area contributed by atoms with Crippen LogP contribution in [0.5, 0.6) is 0 Å². The minimum absolute atomic E-state index is 0.0196. The molecule has 3 aromatic rings. The molecule has 7 heteroatoms. The first-order valence-electron chi connectivity index (χ1n) is 13.7. The average Bonchev–Trinajstić information content (AvgIpc) is 3.43. The van der Waals surface area contributed by atoms with E-state index in [2.05, 4.69) is 11.9 Å². The van der Waals surface area contributed by atoms with Crippen LogP contribution < -0.4 is 5.73 Å². The molecule has 0 saturated carbocycles. The largest absolute Gasteiger partial charge is 0.387 e. The van der Waals surface area contributed by atoms with Crippen molar-refractivity contribution in [2.75, 3.05) is 20.3 Å². The Balaban J connectivity index is 1.42. The first-order valence-corrected chi connectivity index (χ1v) is 13.7. The molecule has 2 aromatic carbocycles. The molecule has 1 saturated heterocycles. The number of Topliss-reactive ketones (excluding diaryl/α,β-unsaturated/α-hetero) is 1. The maximum absolute atomic E-state index is 14.4. The molecule has 0 aliphatic carbocycles. The molecule has 3 atom stereocenters. The van der Waals surface area contributed by atoms with Crippen LogP contribution in [0.15, 0.2) is 84.1 Å². The number of benzene rings is 2. The molecular weight excluding hydrogens is 488 g/mol. The fourth-order valence-corrected chi connectivity index (χ4v) is 6.17. The van der Waals surface area contributed by atoms with E-state index in [1.807, 2.05) is 71.6 Å². The van der Waals surface area contributed by atoms with Crippen LogP contribution in [0.1, 0.15) is 53.2 Å². The van der Waals surface area contributed by atoms with E-state index in [0.29, 0.717) is 30.8 Å². The van der Waals surface area contributed by atoms with E-state index >= 15 is 0 Å². The molecule has 5 rings (SSSR count). The smallest absolute Gasteiger partial charge is 0.255 e. The number of nitrogens with zero attached hydrogens (tertiary/aromatic N) is 3. The minimum atomic E-state index is -1.19. The van der Waals surface area contributed by atoms with Crippen LogP contribution in [0.3, 0.4) is 0 Å². The molecule has 0 bridgehead atoms. The van der Waals surface area contributed by atoms with Gasteiger partial charge in [-0.25, -0.2) is 4.99 Å². The average molecular weight is 525 g/mol. The van der Waals surface area contributed by atoms with Crippen LogP contribution >= 0.6 is 0 Å². The Bertz CT molecular complexity index is 1300. The number of ether oxygens (including phenoxy) is 1. The summed E-state index contributed by atoms with van der Waals surface area (Å²) in [5, 5.41) is 0. The van der Waals surface area contributed by atoms with Gasteiger partial charge in [-0.3, -0.25) is 14.6 Å². The monoisotopic (exact) mass is 524 g/mol. The fourth-order valence-electron chi connectivity index (χ4n) is 6.17. The molecule has 2 unspecified atom stereocenters. The normalized spacial score (nSPS) is 21.4. The molecule has 39 heavy (non-hydrogen) atoms. The van der Waals surface area contributed by atoms with Crippen molar-refractivity contribution >= 4 is 17.5 Å². The summed E-state index contributed by atoms with van der Waals surface area (Å²) >= 11 is 0. The van der Waals surface area contributed by atoms with Gasteiger partial charge < -0.3 is 15.4 Å². The Morgan fingerprint density at radius 2 is 1.77 bits per heavy atom. The van der Waals surface area contributed by atoms with Crippen LogP contribution in [0.4, 0.5) is 0 Å². The van der Waals surface area contributed by atoms with E-state index in [9.17, 15) is 9.59 Å².